The van der Waals surface area contributed by atoms with Crippen LogP contribution in [0.5, 0.6) is 5.75 Å². The van der Waals surface area contributed by atoms with Crippen LogP contribution in [0, 0.1) is 10.7 Å². The molecule has 0 aliphatic carbocycles. The minimum Gasteiger partial charge on any atom is -0.741 e. The number of amides is 2. The number of thiocyanates is 1. The van der Waals surface area contributed by atoms with Crippen molar-refractivity contribution in [3.8, 4) is 11.2 Å². The molecule has 2 aromatic rings. The zero-order valence-corrected chi connectivity index (χ0v) is 15.9. The molecule has 0 atom stereocenters. The molecule has 0 heterocycles. The minimum atomic E-state index is -0.630. The molecule has 2 rings (SSSR count). The van der Waals surface area contributed by atoms with Crippen LogP contribution in [0.25, 0.3) is 0 Å². The molecule has 10 heteroatoms. The van der Waals surface area contributed by atoms with Gasteiger partial charge in [-0.25, -0.2) is 10.7 Å². The molecular formula is C16H12MnN4O3S2. The second-order valence-corrected chi connectivity index (χ2v) is 4.86. The molecule has 7 nitrogen and oxygen atoms in total. The number of nitrogens with one attached hydrogen (secondary N) is 2. The standard InChI is InChI=1S/C15H13N3O3S.CHNS.Mn/c19-12-9-5-4-8-11(12)14(21)17-18-15(22)16-13(20)10-6-2-1-3-7-10;2-1-3;/h1-9,19H,(H,17,21)(H2,16,18,20,22);3H;/q;;+2/p-2. The van der Waals surface area contributed by atoms with Crippen molar-refractivity contribution in [3.63, 3.8) is 0 Å². The number of amidine groups is 1. The molecule has 3 N–H and O–H groups in total. The molecule has 2 amide bonds. The Labute approximate surface area is 171 Å². The summed E-state index contributed by atoms with van der Waals surface area (Å²) in [5.41, 5.74) is 2.65. The largest absolute Gasteiger partial charge is 2.00 e. The number of rotatable bonds is 3. The average molecular weight is 427 g/mol. The third-order valence-corrected chi connectivity index (χ3v) is 2.86. The number of phenolic OH excluding ortho intramolecular Hbond substituents is 1. The van der Waals surface area contributed by atoms with Gasteiger partial charge in [-0.3, -0.25) is 9.59 Å². The van der Waals surface area contributed by atoms with Gasteiger partial charge in [0, 0.05) is 10.7 Å². The van der Waals surface area contributed by atoms with Gasteiger partial charge in [-0.1, -0.05) is 35.7 Å². The normalized spacial score (nSPS) is 9.42. The smallest absolute Gasteiger partial charge is 0.741 e. The number of phenols is 1. The van der Waals surface area contributed by atoms with Crippen LogP contribution < -0.4 is 10.7 Å². The van der Waals surface area contributed by atoms with Gasteiger partial charge in [0.25, 0.3) is 11.8 Å². The van der Waals surface area contributed by atoms with E-state index in [2.05, 4.69) is 28.5 Å². The number of nitriles is 1. The van der Waals surface area contributed by atoms with E-state index in [4.69, 9.17) is 17.9 Å². The van der Waals surface area contributed by atoms with Crippen LogP contribution in [0.15, 0.2) is 59.7 Å². The van der Waals surface area contributed by atoms with Crippen molar-refractivity contribution in [2.45, 2.75) is 0 Å². The molecule has 0 saturated heterocycles. The molecule has 0 spiro atoms. The second-order valence-electron chi connectivity index (χ2n) is 4.29. The molecule has 0 aliphatic heterocycles. The first-order chi connectivity index (χ1) is 12.0. The number of benzene rings is 2. The van der Waals surface area contributed by atoms with Gasteiger partial charge in [-0.15, -0.1) is 0 Å². The van der Waals surface area contributed by atoms with E-state index in [-0.39, 0.29) is 33.5 Å². The van der Waals surface area contributed by atoms with Crippen molar-refractivity contribution >= 4 is 42.2 Å². The fourth-order valence-corrected chi connectivity index (χ4v) is 1.75. The van der Waals surface area contributed by atoms with Gasteiger partial charge in [0.1, 0.15) is 5.75 Å². The number of nitrogens with zero attached hydrogens (tertiary/aromatic N) is 2. The summed E-state index contributed by atoms with van der Waals surface area (Å²) in [7, 11) is 0. The molecule has 26 heavy (non-hydrogen) atoms. The van der Waals surface area contributed by atoms with E-state index in [0.717, 1.165) is 0 Å². The molecule has 0 aromatic heterocycles. The van der Waals surface area contributed by atoms with Crippen molar-refractivity contribution in [3.05, 3.63) is 65.7 Å². The number of aromatic hydroxyl groups is 1. The fourth-order valence-electron chi connectivity index (χ4n) is 1.61. The molecule has 0 aliphatic rings. The Bertz CT molecular complexity index is 811. The third kappa shape index (κ3) is 7.92. The number of carbonyl (C=O) groups excluding carboxylic acids is 2. The summed E-state index contributed by atoms with van der Waals surface area (Å²) in [5.74, 6) is -1.23. The first kappa shape index (κ1) is 23.3. The Kier molecular flexibility index (Phi) is 11.3. The van der Waals surface area contributed by atoms with Crippen LogP contribution in [0.1, 0.15) is 20.7 Å². The summed E-state index contributed by atoms with van der Waals surface area (Å²) in [6, 6.07) is 14.5. The molecule has 1 radical (unpaired) electrons. The predicted octanol–water partition coefficient (Wildman–Crippen LogP) is 1.38. The van der Waals surface area contributed by atoms with E-state index in [9.17, 15) is 14.7 Å². The van der Waals surface area contributed by atoms with E-state index in [1.807, 2.05) is 0 Å². The average Bonchev–Trinajstić information content (AvgIpc) is 2.61. The molecule has 2 aromatic carbocycles. The molecule has 0 unspecified atom stereocenters. The van der Waals surface area contributed by atoms with Crippen LogP contribution in [-0.2, 0) is 42.3 Å². The van der Waals surface area contributed by atoms with E-state index < -0.39 is 11.8 Å². The Morgan fingerprint density at radius 1 is 1.04 bits per heavy atom. The van der Waals surface area contributed by atoms with Crippen LogP contribution in [0.4, 0.5) is 0 Å². The van der Waals surface area contributed by atoms with E-state index in [1.165, 1.54) is 17.5 Å². The number of hydrazone groups is 1. The first-order valence-electron chi connectivity index (χ1n) is 6.70. The summed E-state index contributed by atoms with van der Waals surface area (Å²) in [5, 5.41) is 23.8. The van der Waals surface area contributed by atoms with Crippen LogP contribution >= 0.6 is 0 Å². The van der Waals surface area contributed by atoms with Gasteiger partial charge >= 0.3 is 17.1 Å². The van der Waals surface area contributed by atoms with Gasteiger partial charge in [0.15, 0.2) is 0 Å². The number of hydrogen-bond donors (Lipinski definition) is 3. The summed E-state index contributed by atoms with van der Waals surface area (Å²) in [4.78, 5) is 23.6. The number of hydrogen-bond acceptors (Lipinski definition) is 7. The molecule has 0 saturated carbocycles. The maximum absolute atomic E-state index is 11.8. The van der Waals surface area contributed by atoms with Crippen molar-refractivity contribution in [1.29, 1.82) is 5.26 Å². The van der Waals surface area contributed by atoms with Crippen molar-refractivity contribution in [2.75, 3.05) is 0 Å². The zero-order chi connectivity index (χ0) is 18.7. The SMILES string of the molecule is N#C[S-].O=C(N/C([S-])=N/NC(=O)c1ccccc1O)c1ccccc1.[Mn+2]. The minimum absolute atomic E-state index is 0. The summed E-state index contributed by atoms with van der Waals surface area (Å²) >= 11 is 8.55. The zero-order valence-electron chi connectivity index (χ0n) is 13.0. The first-order valence-corrected chi connectivity index (χ1v) is 7.52. The van der Waals surface area contributed by atoms with Crippen molar-refractivity contribution in [1.82, 2.24) is 10.7 Å². The van der Waals surface area contributed by atoms with Gasteiger partial charge < -0.3 is 35.7 Å². The van der Waals surface area contributed by atoms with Crippen LogP contribution in [0.2, 0.25) is 0 Å². The second kappa shape index (κ2) is 12.6. The Hall–Kier alpha value is -2.70. The summed E-state index contributed by atoms with van der Waals surface area (Å²) in [6.45, 7) is 0. The monoisotopic (exact) mass is 427 g/mol. The van der Waals surface area contributed by atoms with E-state index >= 15 is 0 Å². The van der Waals surface area contributed by atoms with Crippen molar-refractivity contribution in [2.24, 2.45) is 5.10 Å². The maximum Gasteiger partial charge on any atom is 2.00 e. The molecular weight excluding hydrogens is 415 g/mol. The molecule has 133 valence electrons. The van der Waals surface area contributed by atoms with E-state index in [1.54, 1.807) is 42.5 Å². The topological polar surface area (TPSA) is 115 Å². The third-order valence-electron chi connectivity index (χ3n) is 2.66. The van der Waals surface area contributed by atoms with E-state index in [0.29, 0.717) is 5.56 Å². The summed E-state index contributed by atoms with van der Waals surface area (Å²) in [6.07, 6.45) is 0. The Morgan fingerprint density at radius 3 is 2.15 bits per heavy atom. The van der Waals surface area contributed by atoms with Gasteiger partial charge in [0.2, 0.25) is 0 Å². The van der Waals surface area contributed by atoms with Crippen molar-refractivity contribution < 1.29 is 31.8 Å². The molecule has 0 fully saturated rings. The van der Waals surface area contributed by atoms with Gasteiger partial charge in [-0.2, -0.15) is 5.10 Å². The maximum atomic E-state index is 11.8. The number of para-hydroxylation sites is 1. The van der Waals surface area contributed by atoms with Crippen LogP contribution in [0.3, 0.4) is 0 Å². The van der Waals surface area contributed by atoms with Crippen LogP contribution in [-0.4, -0.2) is 22.1 Å². The Balaban J connectivity index is 0.00000146. The van der Waals surface area contributed by atoms with Gasteiger partial charge in [0.05, 0.1) is 5.56 Å². The fraction of sp³-hybridized carbons (Fsp3) is 0. The number of carbonyl (C=O) groups is 2. The predicted molar refractivity (Wildman–Crippen MR) is 97.3 cm³/mol. The Morgan fingerprint density at radius 2 is 1.58 bits per heavy atom. The summed E-state index contributed by atoms with van der Waals surface area (Å²) < 4.78 is 0. The van der Waals surface area contributed by atoms with Gasteiger partial charge in [-0.05, 0) is 24.3 Å². The molecule has 0 bridgehead atoms. The quantitative estimate of drug-likeness (QED) is 0.170.